The summed E-state index contributed by atoms with van der Waals surface area (Å²) in [6.07, 6.45) is 3.15. The summed E-state index contributed by atoms with van der Waals surface area (Å²) in [4.78, 5) is 0. The maximum atomic E-state index is 12.1. The van der Waals surface area contributed by atoms with Crippen LogP contribution in [0.15, 0.2) is 42.0 Å². The topological polar surface area (TPSA) is 12.0 Å². The van der Waals surface area contributed by atoms with Crippen LogP contribution in [0, 0.1) is 13.8 Å². The van der Waals surface area contributed by atoms with Gasteiger partial charge < -0.3 is 5.32 Å². The summed E-state index contributed by atoms with van der Waals surface area (Å²) < 4.78 is 36.4. The molecule has 148 valence electrons. The fraction of sp³-hybridized carbons (Fsp3) is 0.478. The zero-order chi connectivity index (χ0) is 20.2. The van der Waals surface area contributed by atoms with Crippen LogP contribution in [-0.4, -0.2) is 12.7 Å². The number of unbranched alkanes of at least 4 members (excludes halogenated alkanes) is 1. The number of fused-ring (bicyclic) bond motifs is 1. The molecule has 1 heterocycles. The number of halogens is 3. The van der Waals surface area contributed by atoms with Gasteiger partial charge in [-0.3, -0.25) is 0 Å². The van der Waals surface area contributed by atoms with Crippen LogP contribution in [0.4, 0.5) is 13.2 Å². The van der Waals surface area contributed by atoms with Gasteiger partial charge in [0.2, 0.25) is 0 Å². The molecule has 0 atom stereocenters. The molecule has 1 nitrogen and oxygen atoms in total. The highest BCUT2D eigenvalue weighted by atomic mass is 19.4. The first-order chi connectivity index (χ1) is 12.5. The minimum atomic E-state index is -4.22. The van der Waals surface area contributed by atoms with Crippen LogP contribution < -0.4 is 5.32 Å². The number of hydrogen-bond donors (Lipinski definition) is 1. The van der Waals surface area contributed by atoms with E-state index in [-0.39, 0.29) is 5.41 Å². The molecule has 0 aliphatic carbocycles. The smallest absolute Gasteiger partial charge is 0.383 e. The average molecular weight is 377 g/mol. The Morgan fingerprint density at radius 1 is 1.15 bits per heavy atom. The highest BCUT2D eigenvalue weighted by molar-refractivity contribution is 5.76. The molecule has 0 fully saturated rings. The van der Waals surface area contributed by atoms with Crippen molar-refractivity contribution in [2.45, 2.75) is 65.5 Å². The maximum absolute atomic E-state index is 12.1. The van der Waals surface area contributed by atoms with Gasteiger partial charge in [-0.25, -0.2) is 0 Å². The van der Waals surface area contributed by atoms with Crippen molar-refractivity contribution in [3.8, 4) is 0 Å². The number of aryl methyl sites for hydroxylation is 2. The van der Waals surface area contributed by atoms with Crippen LogP contribution in [0.25, 0.3) is 5.70 Å². The summed E-state index contributed by atoms with van der Waals surface area (Å²) in [5.41, 5.74) is 7.58. The van der Waals surface area contributed by atoms with Crippen molar-refractivity contribution in [3.63, 3.8) is 0 Å². The quantitative estimate of drug-likeness (QED) is 0.441. The Bertz CT molecular complexity index is 765. The van der Waals surface area contributed by atoms with E-state index in [1.165, 1.54) is 33.9 Å². The van der Waals surface area contributed by atoms with Crippen LogP contribution in [0.1, 0.15) is 62.3 Å². The van der Waals surface area contributed by atoms with Crippen molar-refractivity contribution in [1.82, 2.24) is 5.32 Å². The Balaban J connectivity index is 2.29. The van der Waals surface area contributed by atoms with E-state index >= 15 is 0 Å². The second-order valence-corrected chi connectivity index (χ2v) is 7.92. The van der Waals surface area contributed by atoms with E-state index in [0.717, 1.165) is 18.7 Å². The number of allylic oxidation sites excluding steroid dienone is 5. The molecule has 0 aromatic heterocycles. The lowest BCUT2D eigenvalue weighted by Gasteiger charge is -2.37. The summed E-state index contributed by atoms with van der Waals surface area (Å²) >= 11 is 0. The van der Waals surface area contributed by atoms with Crippen molar-refractivity contribution >= 4 is 5.70 Å². The largest absolute Gasteiger partial charge is 0.409 e. The third-order valence-electron chi connectivity index (χ3n) is 4.96. The average Bonchev–Trinajstić information content (AvgIpc) is 2.53. The van der Waals surface area contributed by atoms with Crippen LogP contribution in [0.5, 0.6) is 0 Å². The number of benzene rings is 1. The van der Waals surface area contributed by atoms with Gasteiger partial charge >= 0.3 is 6.18 Å². The van der Waals surface area contributed by atoms with Gasteiger partial charge in [0.15, 0.2) is 0 Å². The zero-order valence-corrected chi connectivity index (χ0v) is 16.9. The lowest BCUT2D eigenvalue weighted by atomic mass is 9.74. The van der Waals surface area contributed by atoms with Crippen molar-refractivity contribution in [3.05, 3.63) is 64.3 Å². The molecule has 0 unspecified atom stereocenters. The molecule has 2 rings (SSSR count). The second-order valence-electron chi connectivity index (χ2n) is 7.92. The molecule has 1 aliphatic rings. The van der Waals surface area contributed by atoms with E-state index < -0.39 is 6.18 Å². The predicted octanol–water partition coefficient (Wildman–Crippen LogP) is 6.76. The Labute approximate surface area is 161 Å². The van der Waals surface area contributed by atoms with Crippen molar-refractivity contribution in [2.75, 3.05) is 6.54 Å². The summed E-state index contributed by atoms with van der Waals surface area (Å²) in [6.45, 7) is 11.8. The SMILES string of the molecule is CCC(/C=C\CC/C=C/C(F)(F)F)=C1\NCC(C)(C)c2c(C)cc(C)cc21. The van der Waals surface area contributed by atoms with E-state index in [9.17, 15) is 13.2 Å². The van der Waals surface area contributed by atoms with Crippen LogP contribution in [0.3, 0.4) is 0 Å². The maximum Gasteiger partial charge on any atom is 0.409 e. The molecule has 1 aliphatic heterocycles. The van der Waals surface area contributed by atoms with Gasteiger partial charge in [-0.2, -0.15) is 13.2 Å². The number of nitrogens with one attached hydrogen (secondary N) is 1. The molecule has 0 saturated carbocycles. The molecule has 4 heteroatoms. The van der Waals surface area contributed by atoms with Crippen molar-refractivity contribution in [1.29, 1.82) is 0 Å². The van der Waals surface area contributed by atoms with Gasteiger partial charge in [0.25, 0.3) is 0 Å². The van der Waals surface area contributed by atoms with E-state index in [4.69, 9.17) is 0 Å². The monoisotopic (exact) mass is 377 g/mol. The van der Waals surface area contributed by atoms with Gasteiger partial charge in [-0.05, 0) is 55.9 Å². The fourth-order valence-electron chi connectivity index (χ4n) is 3.86. The van der Waals surface area contributed by atoms with Gasteiger partial charge in [-0.15, -0.1) is 0 Å². The standard InChI is InChI=1S/C23H30F3N/c1-6-18(11-9-7-8-10-12-23(24,25)26)21-19-14-16(2)13-17(3)20(19)22(4,5)15-27-21/h9-14,27H,6-8,15H2,1-5H3/b11-9-,12-10+,21-18+. The van der Waals surface area contributed by atoms with Gasteiger partial charge in [0, 0.05) is 29.3 Å². The highest BCUT2D eigenvalue weighted by Gasteiger charge is 2.32. The van der Waals surface area contributed by atoms with Crippen molar-refractivity contribution in [2.24, 2.45) is 0 Å². The third kappa shape index (κ3) is 5.50. The summed E-state index contributed by atoms with van der Waals surface area (Å²) in [5, 5.41) is 3.61. The predicted molar refractivity (Wildman–Crippen MR) is 108 cm³/mol. The normalized spacial score (nSPS) is 18.7. The number of hydrogen-bond acceptors (Lipinski definition) is 1. The van der Waals surface area contributed by atoms with Crippen LogP contribution in [-0.2, 0) is 5.41 Å². The molecule has 1 aromatic carbocycles. The molecule has 0 spiro atoms. The third-order valence-corrected chi connectivity index (χ3v) is 4.96. The minimum absolute atomic E-state index is 0.0571. The number of alkyl halides is 3. The van der Waals surface area contributed by atoms with E-state index in [1.54, 1.807) is 0 Å². The molecule has 1 N–H and O–H groups in total. The first-order valence-corrected chi connectivity index (χ1v) is 9.55. The Morgan fingerprint density at radius 2 is 1.81 bits per heavy atom. The van der Waals surface area contributed by atoms with E-state index in [0.29, 0.717) is 18.9 Å². The molecule has 0 radical (unpaired) electrons. The molecular formula is C23H30F3N. The Morgan fingerprint density at radius 3 is 2.44 bits per heavy atom. The minimum Gasteiger partial charge on any atom is -0.383 e. The van der Waals surface area contributed by atoms with E-state index in [1.807, 2.05) is 6.08 Å². The van der Waals surface area contributed by atoms with Crippen LogP contribution >= 0.6 is 0 Å². The first kappa shape index (κ1) is 21.3. The molecule has 1 aromatic rings. The molecule has 0 saturated heterocycles. The Kier molecular flexibility index (Phi) is 6.61. The Hall–Kier alpha value is -1.97. The van der Waals surface area contributed by atoms with Crippen molar-refractivity contribution < 1.29 is 13.2 Å². The second kappa shape index (κ2) is 8.37. The highest BCUT2D eigenvalue weighted by Crippen LogP contribution is 2.38. The fourth-order valence-corrected chi connectivity index (χ4v) is 3.86. The number of rotatable bonds is 5. The van der Waals surface area contributed by atoms with E-state index in [2.05, 4.69) is 58.1 Å². The van der Waals surface area contributed by atoms with Gasteiger partial charge in [-0.1, -0.05) is 50.6 Å². The first-order valence-electron chi connectivity index (χ1n) is 9.55. The van der Waals surface area contributed by atoms with Gasteiger partial charge in [0.05, 0.1) is 0 Å². The zero-order valence-electron chi connectivity index (χ0n) is 16.9. The summed E-state index contributed by atoms with van der Waals surface area (Å²) in [6, 6.07) is 4.47. The van der Waals surface area contributed by atoms with Crippen LogP contribution in [0.2, 0.25) is 0 Å². The molecule has 0 bridgehead atoms. The lowest BCUT2D eigenvalue weighted by molar-refractivity contribution is -0.0800. The molecular weight excluding hydrogens is 347 g/mol. The lowest BCUT2D eigenvalue weighted by Crippen LogP contribution is -2.39. The molecule has 27 heavy (non-hydrogen) atoms. The molecule has 0 amide bonds. The summed E-state index contributed by atoms with van der Waals surface area (Å²) in [7, 11) is 0. The summed E-state index contributed by atoms with van der Waals surface area (Å²) in [5.74, 6) is 0. The van der Waals surface area contributed by atoms with Gasteiger partial charge in [0.1, 0.15) is 0 Å².